The van der Waals surface area contributed by atoms with Gasteiger partial charge in [-0.05, 0) is 0 Å². The van der Waals surface area contributed by atoms with Gasteiger partial charge in [-0.1, -0.05) is 5.11 Å². The summed E-state index contributed by atoms with van der Waals surface area (Å²) in [7, 11) is 0. The predicted octanol–water partition coefficient (Wildman–Crippen LogP) is 1.02. The van der Waals surface area contributed by atoms with Crippen molar-refractivity contribution in [1.82, 2.24) is 4.98 Å². The molecule has 1 aromatic rings. The molecule has 0 spiro atoms. The van der Waals surface area contributed by atoms with Crippen LogP contribution in [0.5, 0.6) is 0 Å². The third kappa shape index (κ3) is 1.03. The molecule has 0 bridgehead atoms. The van der Waals surface area contributed by atoms with Gasteiger partial charge in [0.1, 0.15) is 6.34 Å². The Hall–Kier alpha value is -1.70. The highest BCUT2D eigenvalue weighted by Crippen LogP contribution is 2.30. The maximum Gasteiger partial charge on any atom is 0.474 e. The second-order valence-corrected chi connectivity index (χ2v) is 2.94. The van der Waals surface area contributed by atoms with Crippen molar-refractivity contribution in [3.05, 3.63) is 26.7 Å². The zero-order valence-electron chi connectivity index (χ0n) is 6.19. The Morgan fingerprint density at radius 2 is 2.46 bits per heavy atom. The van der Waals surface area contributed by atoms with E-state index in [1.807, 2.05) is 0 Å². The second kappa shape index (κ2) is 2.66. The Bertz CT molecular complexity index is 372. The molecule has 0 saturated carbocycles. The van der Waals surface area contributed by atoms with Gasteiger partial charge in [-0.25, -0.2) is 4.98 Å². The summed E-state index contributed by atoms with van der Waals surface area (Å²) in [6.45, 7) is 0. The topological polar surface area (TPSA) is 93.1 Å². The lowest BCUT2D eigenvalue weighted by molar-refractivity contribution is -0.576. The lowest BCUT2D eigenvalue weighted by Crippen LogP contribution is -2.29. The fourth-order valence-corrected chi connectivity index (χ4v) is 1.49. The molecule has 2 rings (SSSR count). The quantitative estimate of drug-likeness (QED) is 0.523. The highest BCUT2D eigenvalue weighted by atomic mass is 32.1. The molecule has 0 aromatic carbocycles. The van der Waals surface area contributed by atoms with Crippen LogP contribution in [0.3, 0.4) is 0 Å². The van der Waals surface area contributed by atoms with Crippen LogP contribution in [0, 0.1) is 10.1 Å². The molecule has 13 heavy (non-hydrogen) atoms. The van der Waals surface area contributed by atoms with Crippen molar-refractivity contribution >= 4 is 17.7 Å². The Morgan fingerprint density at radius 3 is 2.92 bits per heavy atom. The van der Waals surface area contributed by atoms with Crippen LogP contribution in [0.1, 0.15) is 5.69 Å². The molecular weight excluding hydrogens is 194 g/mol. The average Bonchev–Trinajstić information content (AvgIpc) is 2.75. The highest BCUT2D eigenvalue weighted by Gasteiger charge is 2.49. The van der Waals surface area contributed by atoms with E-state index >= 15 is 0 Å². The van der Waals surface area contributed by atoms with Gasteiger partial charge in [-0.15, -0.1) is 16.5 Å². The van der Waals surface area contributed by atoms with E-state index in [1.54, 1.807) is 0 Å². The summed E-state index contributed by atoms with van der Waals surface area (Å²) in [5.74, 6) is -1.83. The molecule has 0 N–H and O–H groups in total. The van der Waals surface area contributed by atoms with Gasteiger partial charge in [-0.3, -0.25) is 10.1 Å². The number of hydrogen-bond donors (Lipinski definition) is 0. The molecule has 0 saturated heterocycles. The van der Waals surface area contributed by atoms with Crippen LogP contribution in [0.15, 0.2) is 26.1 Å². The lowest BCUT2D eigenvalue weighted by atomic mass is 10.3. The van der Waals surface area contributed by atoms with E-state index in [9.17, 15) is 10.1 Å². The van der Waals surface area contributed by atoms with Gasteiger partial charge in [-0.2, -0.15) is 4.99 Å². The van der Waals surface area contributed by atoms with E-state index in [1.165, 1.54) is 22.2 Å². The minimum atomic E-state index is -1.83. The zero-order valence-corrected chi connectivity index (χ0v) is 7.01. The van der Waals surface area contributed by atoms with Crippen LogP contribution in [-0.4, -0.2) is 16.2 Å². The molecule has 2 heterocycles. The van der Waals surface area contributed by atoms with E-state index < -0.39 is 10.7 Å². The molecular formula is C5H3N5O2S. The molecule has 1 unspecified atom stereocenters. The van der Waals surface area contributed by atoms with Crippen molar-refractivity contribution in [2.75, 3.05) is 0 Å². The van der Waals surface area contributed by atoms with Gasteiger partial charge in [0, 0.05) is 5.38 Å². The largest absolute Gasteiger partial charge is 0.474 e. The van der Waals surface area contributed by atoms with E-state index in [4.69, 9.17) is 0 Å². The number of thiazole rings is 1. The monoisotopic (exact) mass is 197 g/mol. The summed E-state index contributed by atoms with van der Waals surface area (Å²) in [4.78, 5) is 17.5. The lowest BCUT2D eigenvalue weighted by Gasteiger charge is -2.07. The fourth-order valence-electron chi connectivity index (χ4n) is 0.911. The molecule has 0 radical (unpaired) electrons. The molecule has 1 aliphatic heterocycles. The molecule has 7 nitrogen and oxygen atoms in total. The van der Waals surface area contributed by atoms with Gasteiger partial charge >= 0.3 is 5.79 Å². The average molecular weight is 197 g/mol. The maximum absolute atomic E-state index is 10.7. The van der Waals surface area contributed by atoms with Crippen LogP contribution < -0.4 is 0 Å². The summed E-state index contributed by atoms with van der Waals surface area (Å²) in [5, 5.41) is 19.1. The minimum Gasteiger partial charge on any atom is -0.260 e. The summed E-state index contributed by atoms with van der Waals surface area (Å²) in [6.07, 6.45) is 1.06. The van der Waals surface area contributed by atoms with Crippen molar-refractivity contribution < 1.29 is 4.92 Å². The minimum absolute atomic E-state index is 0.194. The van der Waals surface area contributed by atoms with E-state index in [2.05, 4.69) is 20.2 Å². The van der Waals surface area contributed by atoms with Gasteiger partial charge in [0.2, 0.25) is 0 Å². The van der Waals surface area contributed by atoms with Gasteiger partial charge in [0.05, 0.1) is 10.4 Å². The first-order chi connectivity index (χ1) is 6.26. The molecule has 1 atom stereocenters. The Morgan fingerprint density at radius 1 is 1.62 bits per heavy atom. The molecule has 66 valence electrons. The highest BCUT2D eigenvalue weighted by molar-refractivity contribution is 7.07. The van der Waals surface area contributed by atoms with Gasteiger partial charge in [0.25, 0.3) is 0 Å². The second-order valence-electron chi connectivity index (χ2n) is 2.23. The van der Waals surface area contributed by atoms with Crippen molar-refractivity contribution in [3.8, 4) is 0 Å². The SMILES string of the molecule is O=[N+]([O-])C1(c2cscn2)N=CN=N1. The van der Waals surface area contributed by atoms with Crippen molar-refractivity contribution in [3.63, 3.8) is 0 Å². The Balaban J connectivity index is 2.53. The summed E-state index contributed by atoms with van der Waals surface area (Å²) >= 11 is 1.25. The number of hydrogen-bond acceptors (Lipinski definition) is 7. The summed E-state index contributed by atoms with van der Waals surface area (Å²) in [6, 6.07) is 0. The van der Waals surface area contributed by atoms with E-state index in [-0.39, 0.29) is 5.69 Å². The van der Waals surface area contributed by atoms with Crippen LogP contribution in [0.25, 0.3) is 0 Å². The fraction of sp³-hybridized carbons (Fsp3) is 0.200. The first-order valence-corrected chi connectivity index (χ1v) is 4.19. The molecule has 0 aliphatic carbocycles. The molecule has 1 aromatic heterocycles. The number of aromatic nitrogens is 1. The third-order valence-electron chi connectivity index (χ3n) is 1.52. The van der Waals surface area contributed by atoms with Crippen molar-refractivity contribution in [2.24, 2.45) is 15.2 Å². The maximum atomic E-state index is 10.7. The summed E-state index contributed by atoms with van der Waals surface area (Å²) < 4.78 is 0. The number of rotatable bonds is 2. The van der Waals surface area contributed by atoms with Gasteiger partial charge < -0.3 is 0 Å². The molecule has 1 aliphatic rings. The van der Waals surface area contributed by atoms with Crippen LogP contribution in [0.4, 0.5) is 0 Å². The number of azo groups is 1. The van der Waals surface area contributed by atoms with Crippen molar-refractivity contribution in [2.45, 2.75) is 5.79 Å². The Kier molecular flexibility index (Phi) is 1.62. The third-order valence-corrected chi connectivity index (χ3v) is 2.10. The van der Waals surface area contributed by atoms with Crippen LogP contribution >= 0.6 is 11.3 Å². The number of nitro groups is 1. The standard InChI is InChI=1S/C5H3N5O2S/c11-10(12)5(7-2-8-9-5)4-1-13-3-6-4/h1-3H. The summed E-state index contributed by atoms with van der Waals surface area (Å²) in [5.41, 5.74) is 1.68. The normalized spacial score (nSPS) is 25.2. The van der Waals surface area contributed by atoms with E-state index in [0.29, 0.717) is 0 Å². The number of aliphatic imine (C=N–C) groups is 1. The molecule has 0 fully saturated rings. The first-order valence-electron chi connectivity index (χ1n) is 3.24. The smallest absolute Gasteiger partial charge is 0.260 e. The molecule has 8 heteroatoms. The molecule has 0 amide bonds. The van der Waals surface area contributed by atoms with Crippen LogP contribution in [-0.2, 0) is 5.79 Å². The zero-order chi connectivity index (χ0) is 9.31. The predicted molar refractivity (Wildman–Crippen MR) is 44.1 cm³/mol. The first kappa shape index (κ1) is 7.92. The van der Waals surface area contributed by atoms with Gasteiger partial charge in [0.15, 0.2) is 5.69 Å². The number of nitrogens with zero attached hydrogens (tertiary/aromatic N) is 5. The van der Waals surface area contributed by atoms with Crippen molar-refractivity contribution in [1.29, 1.82) is 0 Å². The van der Waals surface area contributed by atoms with Crippen LogP contribution in [0.2, 0.25) is 0 Å². The Labute approximate surface area is 76.0 Å². The van der Waals surface area contributed by atoms with E-state index in [0.717, 1.165) is 6.34 Å².